The maximum Gasteiger partial charge on any atom is 0.0250 e. The summed E-state index contributed by atoms with van der Waals surface area (Å²) < 4.78 is 0. The van der Waals surface area contributed by atoms with Crippen LogP contribution in [0.5, 0.6) is 0 Å². The summed E-state index contributed by atoms with van der Waals surface area (Å²) in [4.78, 5) is 5.37. The van der Waals surface area contributed by atoms with Gasteiger partial charge < -0.3 is 5.32 Å². The highest BCUT2D eigenvalue weighted by molar-refractivity contribution is 4.93. The fraction of sp³-hybridized carbons (Fsp3) is 1.00. The Labute approximate surface area is 113 Å². The average Bonchev–Trinajstić information content (AvgIpc) is 2.84. The van der Waals surface area contributed by atoms with Crippen LogP contribution in [-0.4, -0.2) is 60.6 Å². The molecule has 3 atom stereocenters. The summed E-state index contributed by atoms with van der Waals surface area (Å²) in [5.74, 6) is 0. The van der Waals surface area contributed by atoms with Crippen molar-refractivity contribution in [3.05, 3.63) is 0 Å². The summed E-state index contributed by atoms with van der Waals surface area (Å²) in [5.41, 5.74) is 0. The van der Waals surface area contributed by atoms with Crippen LogP contribution in [0.4, 0.5) is 0 Å². The third kappa shape index (κ3) is 3.25. The Balaban J connectivity index is 1.87. The highest BCUT2D eigenvalue weighted by atomic mass is 15.3. The van der Waals surface area contributed by atoms with E-state index in [9.17, 15) is 0 Å². The molecule has 3 unspecified atom stereocenters. The molecule has 3 nitrogen and oxygen atoms in total. The lowest BCUT2D eigenvalue weighted by Crippen LogP contribution is -2.57. The van der Waals surface area contributed by atoms with E-state index in [1.165, 1.54) is 58.4 Å². The zero-order valence-corrected chi connectivity index (χ0v) is 12.5. The van der Waals surface area contributed by atoms with Gasteiger partial charge in [-0.2, -0.15) is 0 Å². The Morgan fingerprint density at radius 2 is 2.00 bits per heavy atom. The lowest BCUT2D eigenvalue weighted by Gasteiger charge is -2.43. The predicted molar refractivity (Wildman–Crippen MR) is 78.0 cm³/mol. The highest BCUT2D eigenvalue weighted by Gasteiger charge is 2.34. The van der Waals surface area contributed by atoms with E-state index in [4.69, 9.17) is 0 Å². The predicted octanol–water partition coefficient (Wildman–Crippen LogP) is 1.93. The van der Waals surface area contributed by atoms with Gasteiger partial charge in [-0.05, 0) is 39.3 Å². The van der Waals surface area contributed by atoms with E-state index in [-0.39, 0.29) is 0 Å². The van der Waals surface area contributed by atoms with Gasteiger partial charge in [-0.15, -0.1) is 0 Å². The van der Waals surface area contributed by atoms with Crippen molar-refractivity contribution < 1.29 is 0 Å². The molecular weight excluding hydrogens is 222 g/mol. The van der Waals surface area contributed by atoms with Crippen LogP contribution in [0.15, 0.2) is 0 Å². The summed E-state index contributed by atoms with van der Waals surface area (Å²) in [6.45, 7) is 13.1. The largest absolute Gasteiger partial charge is 0.312 e. The Morgan fingerprint density at radius 3 is 2.67 bits per heavy atom. The number of hydrogen-bond donors (Lipinski definition) is 1. The fourth-order valence-electron chi connectivity index (χ4n) is 3.74. The minimum atomic E-state index is 0.733. The first-order valence-corrected chi connectivity index (χ1v) is 7.97. The quantitative estimate of drug-likeness (QED) is 0.808. The fourth-order valence-corrected chi connectivity index (χ4v) is 3.74. The molecule has 0 aromatic rings. The smallest absolute Gasteiger partial charge is 0.0250 e. The van der Waals surface area contributed by atoms with E-state index in [2.05, 4.69) is 35.9 Å². The molecule has 18 heavy (non-hydrogen) atoms. The maximum atomic E-state index is 3.76. The Morgan fingerprint density at radius 1 is 1.17 bits per heavy atom. The first-order chi connectivity index (χ1) is 8.76. The minimum Gasteiger partial charge on any atom is -0.312 e. The molecule has 1 saturated carbocycles. The second-order valence-electron chi connectivity index (χ2n) is 6.03. The average molecular weight is 253 g/mol. The summed E-state index contributed by atoms with van der Waals surface area (Å²) >= 11 is 0. The Bertz CT molecular complexity index is 244. The van der Waals surface area contributed by atoms with Crippen LogP contribution in [0.2, 0.25) is 0 Å². The monoisotopic (exact) mass is 253 g/mol. The Hall–Kier alpha value is -0.120. The summed E-state index contributed by atoms with van der Waals surface area (Å²) in [7, 11) is 0. The molecule has 0 bridgehead atoms. The molecule has 1 saturated heterocycles. The molecule has 2 aliphatic rings. The molecule has 3 heteroatoms. The van der Waals surface area contributed by atoms with Crippen molar-refractivity contribution in [1.82, 2.24) is 15.1 Å². The molecule has 2 fully saturated rings. The number of hydrogen-bond acceptors (Lipinski definition) is 3. The molecule has 0 aromatic carbocycles. The molecule has 0 spiro atoms. The van der Waals surface area contributed by atoms with Gasteiger partial charge >= 0.3 is 0 Å². The van der Waals surface area contributed by atoms with E-state index in [0.29, 0.717) is 0 Å². The Kier molecular flexibility index (Phi) is 5.46. The summed E-state index contributed by atoms with van der Waals surface area (Å²) in [6, 6.07) is 2.29. The zero-order chi connectivity index (χ0) is 13.0. The van der Waals surface area contributed by atoms with Crippen molar-refractivity contribution in [2.45, 2.75) is 64.6 Å². The van der Waals surface area contributed by atoms with Gasteiger partial charge in [-0.3, -0.25) is 9.80 Å². The first-order valence-electron chi connectivity index (χ1n) is 7.97. The van der Waals surface area contributed by atoms with Crippen molar-refractivity contribution in [1.29, 1.82) is 0 Å². The van der Waals surface area contributed by atoms with Gasteiger partial charge in [0, 0.05) is 37.8 Å². The van der Waals surface area contributed by atoms with Gasteiger partial charge in [0.15, 0.2) is 0 Å². The molecule has 1 heterocycles. The molecule has 1 aliphatic carbocycles. The van der Waals surface area contributed by atoms with Gasteiger partial charge in [0.1, 0.15) is 0 Å². The number of nitrogens with zero attached hydrogens (tertiary/aromatic N) is 2. The van der Waals surface area contributed by atoms with Gasteiger partial charge in [-0.1, -0.05) is 20.3 Å². The van der Waals surface area contributed by atoms with Crippen LogP contribution in [-0.2, 0) is 0 Å². The van der Waals surface area contributed by atoms with E-state index < -0.39 is 0 Å². The number of rotatable bonds is 5. The van der Waals surface area contributed by atoms with Crippen molar-refractivity contribution >= 4 is 0 Å². The molecule has 1 aliphatic heterocycles. The van der Waals surface area contributed by atoms with Crippen LogP contribution in [0, 0.1) is 0 Å². The molecule has 1 N–H and O–H groups in total. The third-order valence-electron chi connectivity index (χ3n) is 4.81. The number of piperazine rings is 1. The maximum absolute atomic E-state index is 3.76. The van der Waals surface area contributed by atoms with Crippen molar-refractivity contribution in [2.24, 2.45) is 0 Å². The van der Waals surface area contributed by atoms with Crippen molar-refractivity contribution in [3.63, 3.8) is 0 Å². The van der Waals surface area contributed by atoms with Gasteiger partial charge in [0.25, 0.3) is 0 Å². The first kappa shape index (κ1) is 14.3. The molecule has 0 radical (unpaired) electrons. The normalized spacial score (nSPS) is 35.2. The van der Waals surface area contributed by atoms with Gasteiger partial charge in [0.2, 0.25) is 0 Å². The van der Waals surface area contributed by atoms with Crippen LogP contribution in [0.25, 0.3) is 0 Å². The zero-order valence-electron chi connectivity index (χ0n) is 12.5. The molecule has 2 rings (SSSR count). The standard InChI is InChI=1S/C15H31N3/c1-4-9-16-14-7-6-8-15(14)18-11-10-17(5-2)13(3)12-18/h13-16H,4-12H2,1-3H3. The second kappa shape index (κ2) is 6.88. The van der Waals surface area contributed by atoms with Crippen LogP contribution in [0.3, 0.4) is 0 Å². The van der Waals surface area contributed by atoms with E-state index in [0.717, 1.165) is 18.1 Å². The van der Waals surface area contributed by atoms with Crippen molar-refractivity contribution in [2.75, 3.05) is 32.7 Å². The highest BCUT2D eigenvalue weighted by Crippen LogP contribution is 2.26. The molecule has 0 amide bonds. The lowest BCUT2D eigenvalue weighted by molar-refractivity contribution is 0.0522. The van der Waals surface area contributed by atoms with Crippen LogP contribution >= 0.6 is 0 Å². The molecule has 0 aromatic heterocycles. The molecule has 106 valence electrons. The van der Waals surface area contributed by atoms with Crippen LogP contribution in [0.1, 0.15) is 46.5 Å². The second-order valence-corrected chi connectivity index (χ2v) is 6.03. The molecular formula is C15H31N3. The summed E-state index contributed by atoms with van der Waals surface area (Å²) in [5, 5.41) is 3.76. The number of likely N-dealkylation sites (N-methyl/N-ethyl adjacent to an activating group) is 1. The van der Waals surface area contributed by atoms with E-state index in [1.807, 2.05) is 0 Å². The van der Waals surface area contributed by atoms with Gasteiger partial charge in [-0.25, -0.2) is 0 Å². The van der Waals surface area contributed by atoms with Crippen LogP contribution < -0.4 is 5.32 Å². The van der Waals surface area contributed by atoms with E-state index in [1.54, 1.807) is 0 Å². The minimum absolute atomic E-state index is 0.733. The summed E-state index contributed by atoms with van der Waals surface area (Å²) in [6.07, 6.45) is 5.45. The number of nitrogens with one attached hydrogen (secondary N) is 1. The topological polar surface area (TPSA) is 18.5 Å². The SMILES string of the molecule is CCCNC1CCCC1N1CCN(CC)C(C)C1. The van der Waals surface area contributed by atoms with Gasteiger partial charge in [0.05, 0.1) is 0 Å². The lowest BCUT2D eigenvalue weighted by atomic mass is 10.1. The van der Waals surface area contributed by atoms with E-state index >= 15 is 0 Å². The van der Waals surface area contributed by atoms with Crippen molar-refractivity contribution in [3.8, 4) is 0 Å². The third-order valence-corrected chi connectivity index (χ3v) is 4.81.